The Bertz CT molecular complexity index is 587. The van der Waals surface area contributed by atoms with E-state index in [4.69, 9.17) is 16.3 Å². The van der Waals surface area contributed by atoms with Crippen LogP contribution in [0.1, 0.15) is 17.0 Å². The lowest BCUT2D eigenvalue weighted by Crippen LogP contribution is -2.02. The maximum absolute atomic E-state index is 5.98. The molecule has 1 heterocycles. The monoisotopic (exact) mass is 277 g/mol. The molecule has 2 aromatic rings. The first-order valence-corrected chi connectivity index (χ1v) is 6.33. The molecule has 1 aromatic heterocycles. The highest BCUT2D eigenvalue weighted by atomic mass is 35.5. The first kappa shape index (κ1) is 13.8. The fraction of sp³-hybridized carbons (Fsp3) is 0.286. The van der Waals surface area contributed by atoms with E-state index in [1.165, 1.54) is 11.1 Å². The molecule has 0 bridgehead atoms. The molecule has 0 aliphatic rings. The highest BCUT2D eigenvalue weighted by Gasteiger charge is 2.06. The fourth-order valence-corrected chi connectivity index (χ4v) is 1.95. The van der Waals surface area contributed by atoms with Gasteiger partial charge in [0.1, 0.15) is 17.6 Å². The Labute approximate surface area is 117 Å². The average Bonchev–Trinajstić information content (AvgIpc) is 2.35. The Morgan fingerprint density at radius 1 is 1.26 bits per heavy atom. The minimum atomic E-state index is 0.335. The van der Waals surface area contributed by atoms with Gasteiger partial charge in [-0.25, -0.2) is 9.97 Å². The first-order chi connectivity index (χ1) is 9.10. The van der Waals surface area contributed by atoms with Crippen molar-refractivity contribution in [2.24, 2.45) is 0 Å². The van der Waals surface area contributed by atoms with Gasteiger partial charge in [-0.2, -0.15) is 0 Å². The lowest BCUT2D eigenvalue weighted by molar-refractivity contribution is 0.178. The molecule has 0 radical (unpaired) electrons. The SMILES string of the molecule is COCc1nc(Cl)cc(Nc2cccc(C)c2C)n1. The molecular weight excluding hydrogens is 262 g/mol. The number of hydrogen-bond acceptors (Lipinski definition) is 4. The van der Waals surface area contributed by atoms with Gasteiger partial charge in [-0.05, 0) is 31.0 Å². The van der Waals surface area contributed by atoms with Crippen molar-refractivity contribution < 1.29 is 4.74 Å². The van der Waals surface area contributed by atoms with Gasteiger partial charge in [0.15, 0.2) is 5.82 Å². The molecule has 4 nitrogen and oxygen atoms in total. The molecule has 0 saturated carbocycles. The minimum Gasteiger partial charge on any atom is -0.377 e. The van der Waals surface area contributed by atoms with Gasteiger partial charge in [0, 0.05) is 18.9 Å². The quantitative estimate of drug-likeness (QED) is 0.867. The fourth-order valence-electron chi connectivity index (χ4n) is 1.75. The Hall–Kier alpha value is -1.65. The van der Waals surface area contributed by atoms with E-state index in [0.29, 0.717) is 23.4 Å². The number of aromatic nitrogens is 2. The van der Waals surface area contributed by atoms with Gasteiger partial charge in [-0.3, -0.25) is 0 Å². The number of aryl methyl sites for hydroxylation is 1. The van der Waals surface area contributed by atoms with Crippen molar-refractivity contribution in [1.82, 2.24) is 9.97 Å². The number of hydrogen-bond donors (Lipinski definition) is 1. The van der Waals surface area contributed by atoms with E-state index in [-0.39, 0.29) is 0 Å². The molecule has 19 heavy (non-hydrogen) atoms. The molecule has 0 spiro atoms. The maximum Gasteiger partial charge on any atom is 0.158 e. The third-order valence-electron chi connectivity index (χ3n) is 2.88. The highest BCUT2D eigenvalue weighted by molar-refractivity contribution is 6.29. The number of benzene rings is 1. The van der Waals surface area contributed by atoms with Gasteiger partial charge >= 0.3 is 0 Å². The van der Waals surface area contributed by atoms with E-state index in [0.717, 1.165) is 5.69 Å². The number of nitrogens with zero attached hydrogens (tertiary/aromatic N) is 2. The van der Waals surface area contributed by atoms with E-state index in [2.05, 4.69) is 35.2 Å². The molecule has 0 unspecified atom stereocenters. The van der Waals surface area contributed by atoms with Crippen LogP contribution in [0.15, 0.2) is 24.3 Å². The minimum absolute atomic E-state index is 0.335. The number of ether oxygens (including phenoxy) is 1. The number of rotatable bonds is 4. The van der Waals surface area contributed by atoms with Crippen molar-refractivity contribution in [1.29, 1.82) is 0 Å². The van der Waals surface area contributed by atoms with Gasteiger partial charge in [0.2, 0.25) is 0 Å². The summed E-state index contributed by atoms with van der Waals surface area (Å²) < 4.78 is 5.02. The van der Waals surface area contributed by atoms with Crippen LogP contribution in [0.4, 0.5) is 11.5 Å². The molecule has 0 aliphatic carbocycles. The van der Waals surface area contributed by atoms with Crippen LogP contribution in [-0.2, 0) is 11.3 Å². The summed E-state index contributed by atoms with van der Waals surface area (Å²) in [6.07, 6.45) is 0. The second-order valence-electron chi connectivity index (χ2n) is 4.30. The van der Waals surface area contributed by atoms with Gasteiger partial charge in [-0.1, -0.05) is 23.7 Å². The summed E-state index contributed by atoms with van der Waals surface area (Å²) in [5.41, 5.74) is 3.42. The van der Waals surface area contributed by atoms with E-state index < -0.39 is 0 Å². The molecule has 2 rings (SSSR count). The summed E-state index contributed by atoms with van der Waals surface area (Å²) in [7, 11) is 1.60. The van der Waals surface area contributed by atoms with Crippen molar-refractivity contribution >= 4 is 23.1 Å². The van der Waals surface area contributed by atoms with E-state index in [1.54, 1.807) is 13.2 Å². The van der Waals surface area contributed by atoms with E-state index in [9.17, 15) is 0 Å². The number of methoxy groups -OCH3 is 1. The lowest BCUT2D eigenvalue weighted by atomic mass is 10.1. The van der Waals surface area contributed by atoms with Crippen LogP contribution in [0.25, 0.3) is 0 Å². The van der Waals surface area contributed by atoms with Crippen molar-refractivity contribution in [3.8, 4) is 0 Å². The third kappa shape index (κ3) is 3.43. The zero-order valence-corrected chi connectivity index (χ0v) is 12.0. The summed E-state index contributed by atoms with van der Waals surface area (Å²) in [6, 6.07) is 7.78. The normalized spacial score (nSPS) is 10.5. The van der Waals surface area contributed by atoms with Crippen molar-refractivity contribution in [2.45, 2.75) is 20.5 Å². The van der Waals surface area contributed by atoms with Gasteiger partial charge in [-0.15, -0.1) is 0 Å². The summed E-state index contributed by atoms with van der Waals surface area (Å²) in [6.45, 7) is 4.47. The molecule has 1 aromatic carbocycles. The Kier molecular flexibility index (Phi) is 4.35. The number of nitrogens with one attached hydrogen (secondary N) is 1. The van der Waals surface area contributed by atoms with E-state index in [1.807, 2.05) is 12.1 Å². The first-order valence-electron chi connectivity index (χ1n) is 5.96. The van der Waals surface area contributed by atoms with Crippen molar-refractivity contribution in [3.63, 3.8) is 0 Å². The number of halogens is 1. The highest BCUT2D eigenvalue weighted by Crippen LogP contribution is 2.23. The molecular formula is C14H16ClN3O. The summed E-state index contributed by atoms with van der Waals surface area (Å²) in [5, 5.41) is 3.66. The summed E-state index contributed by atoms with van der Waals surface area (Å²) in [5.74, 6) is 1.23. The maximum atomic E-state index is 5.98. The predicted molar refractivity (Wildman–Crippen MR) is 77.0 cm³/mol. The van der Waals surface area contributed by atoms with Crippen molar-refractivity contribution in [2.75, 3.05) is 12.4 Å². The van der Waals surface area contributed by atoms with Crippen molar-refractivity contribution in [3.05, 3.63) is 46.4 Å². The standard InChI is InChI=1S/C14H16ClN3O/c1-9-5-4-6-11(10(9)2)16-13-7-12(15)17-14(18-13)8-19-3/h4-7H,8H2,1-3H3,(H,16,17,18). The molecule has 0 fully saturated rings. The smallest absolute Gasteiger partial charge is 0.158 e. The molecule has 1 N–H and O–H groups in total. The predicted octanol–water partition coefficient (Wildman–Crippen LogP) is 3.64. The van der Waals surface area contributed by atoms with Crippen LogP contribution in [-0.4, -0.2) is 17.1 Å². The van der Waals surface area contributed by atoms with Gasteiger partial charge < -0.3 is 10.1 Å². The Balaban J connectivity index is 2.30. The van der Waals surface area contributed by atoms with Crippen LogP contribution >= 0.6 is 11.6 Å². The third-order valence-corrected chi connectivity index (χ3v) is 3.08. The largest absolute Gasteiger partial charge is 0.377 e. The molecule has 0 saturated heterocycles. The van der Waals surface area contributed by atoms with Crippen LogP contribution < -0.4 is 5.32 Å². The zero-order valence-electron chi connectivity index (χ0n) is 11.2. The lowest BCUT2D eigenvalue weighted by Gasteiger charge is -2.11. The zero-order chi connectivity index (χ0) is 13.8. The molecule has 0 aliphatic heterocycles. The van der Waals surface area contributed by atoms with Gasteiger partial charge in [0.25, 0.3) is 0 Å². The summed E-state index contributed by atoms with van der Waals surface area (Å²) in [4.78, 5) is 8.45. The van der Waals surface area contributed by atoms with Crippen LogP contribution in [0.2, 0.25) is 5.15 Å². The van der Waals surface area contributed by atoms with Crippen LogP contribution in [0.5, 0.6) is 0 Å². The topological polar surface area (TPSA) is 47.0 Å². The van der Waals surface area contributed by atoms with Crippen LogP contribution in [0.3, 0.4) is 0 Å². The molecule has 5 heteroatoms. The summed E-state index contributed by atoms with van der Waals surface area (Å²) >= 11 is 5.98. The second kappa shape index (κ2) is 5.99. The average molecular weight is 278 g/mol. The molecule has 0 atom stereocenters. The molecule has 100 valence electrons. The van der Waals surface area contributed by atoms with Gasteiger partial charge in [0.05, 0.1) is 0 Å². The second-order valence-corrected chi connectivity index (χ2v) is 4.68. The molecule has 0 amide bonds. The number of anilines is 2. The Morgan fingerprint density at radius 2 is 2.05 bits per heavy atom. The Morgan fingerprint density at radius 3 is 2.79 bits per heavy atom. The van der Waals surface area contributed by atoms with Crippen LogP contribution in [0, 0.1) is 13.8 Å². The van der Waals surface area contributed by atoms with E-state index >= 15 is 0 Å².